The molecule has 3 rings (SSSR count). The molecule has 0 saturated carbocycles. The number of phenolic OH excluding ortho intramolecular Hbond substituents is 1. The molecule has 0 saturated heterocycles. The van der Waals surface area contributed by atoms with E-state index in [2.05, 4.69) is 9.97 Å². The first-order valence-electron chi connectivity index (χ1n) is 7.87. The predicted octanol–water partition coefficient (Wildman–Crippen LogP) is 4.97. The van der Waals surface area contributed by atoms with Gasteiger partial charge < -0.3 is 10.1 Å². The molecule has 0 amide bonds. The topological polar surface area (TPSA) is 66.0 Å². The van der Waals surface area contributed by atoms with Crippen LogP contribution in [0.2, 0.25) is 10.0 Å². The Morgan fingerprint density at radius 1 is 1.12 bits per heavy atom. The monoisotopic (exact) mass is 406 g/mol. The first-order chi connectivity index (χ1) is 12.4. The van der Waals surface area contributed by atoms with E-state index in [1.807, 2.05) is 12.1 Å². The van der Waals surface area contributed by atoms with Crippen LogP contribution in [0.25, 0.3) is 0 Å². The second-order valence-electron chi connectivity index (χ2n) is 5.77. The van der Waals surface area contributed by atoms with E-state index in [-0.39, 0.29) is 11.3 Å². The zero-order valence-electron chi connectivity index (χ0n) is 13.9. The Kier molecular flexibility index (Phi) is 5.91. The number of halogens is 2. The highest BCUT2D eigenvalue weighted by molar-refractivity contribution is 7.98. The van der Waals surface area contributed by atoms with Gasteiger partial charge in [0.1, 0.15) is 5.75 Å². The summed E-state index contributed by atoms with van der Waals surface area (Å²) in [5.74, 6) is 0.845. The smallest absolute Gasteiger partial charge is 0.254 e. The van der Waals surface area contributed by atoms with E-state index in [9.17, 15) is 9.90 Å². The van der Waals surface area contributed by atoms with E-state index in [0.717, 1.165) is 11.1 Å². The van der Waals surface area contributed by atoms with Crippen molar-refractivity contribution >= 4 is 35.0 Å². The van der Waals surface area contributed by atoms with Crippen molar-refractivity contribution in [2.75, 3.05) is 0 Å². The van der Waals surface area contributed by atoms with Crippen LogP contribution in [0.1, 0.15) is 22.4 Å². The number of H-pyrrole nitrogens is 1. The standard InChI is InChI=1S/C19H16Cl2N2O2S/c1-11-17(9-14-15(20)3-2-4-16(14)21)22-19(23-18(11)25)26-10-12-5-7-13(24)8-6-12/h2-8,24H,9-10H2,1H3,(H,22,23,25). The molecule has 4 nitrogen and oxygen atoms in total. The second kappa shape index (κ2) is 8.16. The Balaban J connectivity index is 1.85. The van der Waals surface area contributed by atoms with Crippen LogP contribution >= 0.6 is 35.0 Å². The fourth-order valence-corrected chi connectivity index (χ4v) is 3.78. The number of nitrogens with one attached hydrogen (secondary N) is 1. The maximum atomic E-state index is 12.3. The highest BCUT2D eigenvalue weighted by Crippen LogP contribution is 2.27. The molecule has 0 atom stereocenters. The summed E-state index contributed by atoms with van der Waals surface area (Å²) < 4.78 is 0. The minimum atomic E-state index is -0.175. The minimum absolute atomic E-state index is 0.175. The van der Waals surface area contributed by atoms with Gasteiger partial charge >= 0.3 is 0 Å². The van der Waals surface area contributed by atoms with Gasteiger partial charge in [-0.2, -0.15) is 0 Å². The summed E-state index contributed by atoms with van der Waals surface area (Å²) in [5, 5.41) is 11.0. The third-order valence-electron chi connectivity index (χ3n) is 3.95. The lowest BCUT2D eigenvalue weighted by Crippen LogP contribution is -2.16. The molecule has 134 valence electrons. The largest absolute Gasteiger partial charge is 0.508 e. The number of rotatable bonds is 5. The number of phenols is 1. The highest BCUT2D eigenvalue weighted by Gasteiger charge is 2.13. The normalized spacial score (nSPS) is 10.9. The summed E-state index contributed by atoms with van der Waals surface area (Å²) >= 11 is 13.9. The van der Waals surface area contributed by atoms with E-state index in [0.29, 0.717) is 38.6 Å². The lowest BCUT2D eigenvalue weighted by molar-refractivity contribution is 0.475. The summed E-state index contributed by atoms with van der Waals surface area (Å²) in [6, 6.07) is 12.2. The number of thioether (sulfide) groups is 1. The average Bonchev–Trinajstić information content (AvgIpc) is 2.61. The van der Waals surface area contributed by atoms with Gasteiger partial charge in [0.25, 0.3) is 5.56 Å². The lowest BCUT2D eigenvalue weighted by Gasteiger charge is -2.10. The fourth-order valence-electron chi connectivity index (χ4n) is 2.41. The molecular formula is C19H16Cl2N2O2S. The molecule has 0 unspecified atom stereocenters. The first kappa shape index (κ1) is 18.8. The van der Waals surface area contributed by atoms with Gasteiger partial charge in [0.15, 0.2) is 5.16 Å². The number of hydrogen-bond donors (Lipinski definition) is 2. The van der Waals surface area contributed by atoms with E-state index in [1.54, 1.807) is 37.3 Å². The van der Waals surface area contributed by atoms with Gasteiger partial charge in [-0.3, -0.25) is 4.79 Å². The van der Waals surface area contributed by atoms with Crippen molar-refractivity contribution in [3.63, 3.8) is 0 Å². The molecule has 0 fully saturated rings. The minimum Gasteiger partial charge on any atom is -0.508 e. The van der Waals surface area contributed by atoms with Gasteiger partial charge in [-0.15, -0.1) is 0 Å². The number of aromatic hydroxyl groups is 1. The molecule has 0 spiro atoms. The first-order valence-corrected chi connectivity index (χ1v) is 9.61. The Morgan fingerprint density at radius 3 is 2.42 bits per heavy atom. The van der Waals surface area contributed by atoms with E-state index >= 15 is 0 Å². The van der Waals surface area contributed by atoms with E-state index < -0.39 is 0 Å². The van der Waals surface area contributed by atoms with Gasteiger partial charge in [0.2, 0.25) is 0 Å². The summed E-state index contributed by atoms with van der Waals surface area (Å²) in [7, 11) is 0. The van der Waals surface area contributed by atoms with Gasteiger partial charge in [0.05, 0.1) is 5.69 Å². The van der Waals surface area contributed by atoms with Crippen molar-refractivity contribution in [3.05, 3.63) is 85.2 Å². The third-order valence-corrected chi connectivity index (χ3v) is 5.60. The fraction of sp³-hybridized carbons (Fsp3) is 0.158. The number of aromatic nitrogens is 2. The molecule has 2 aromatic carbocycles. The molecule has 0 aliphatic carbocycles. The van der Waals surface area contributed by atoms with Crippen LogP contribution in [0.4, 0.5) is 0 Å². The van der Waals surface area contributed by atoms with Crippen LogP contribution in [0.15, 0.2) is 52.4 Å². The van der Waals surface area contributed by atoms with Crippen LogP contribution in [0, 0.1) is 6.92 Å². The van der Waals surface area contributed by atoms with Gasteiger partial charge in [-0.05, 0) is 42.3 Å². The predicted molar refractivity (Wildman–Crippen MR) is 107 cm³/mol. The SMILES string of the molecule is Cc1c(Cc2c(Cl)cccc2Cl)nc(SCc2ccc(O)cc2)[nH]c1=O. The van der Waals surface area contributed by atoms with Crippen molar-refractivity contribution in [3.8, 4) is 5.75 Å². The summed E-state index contributed by atoms with van der Waals surface area (Å²) in [6.07, 6.45) is 0.390. The molecule has 0 bridgehead atoms. The van der Waals surface area contributed by atoms with Crippen molar-refractivity contribution in [2.24, 2.45) is 0 Å². The van der Waals surface area contributed by atoms with Gasteiger partial charge in [-0.1, -0.05) is 53.2 Å². The summed E-state index contributed by atoms with van der Waals surface area (Å²) in [5.41, 5.74) is 2.80. The molecule has 26 heavy (non-hydrogen) atoms. The van der Waals surface area contributed by atoms with Crippen LogP contribution in [0.3, 0.4) is 0 Å². The quantitative estimate of drug-likeness (QED) is 0.463. The van der Waals surface area contributed by atoms with Crippen LogP contribution in [-0.4, -0.2) is 15.1 Å². The van der Waals surface area contributed by atoms with Gasteiger partial charge in [0, 0.05) is 27.8 Å². The van der Waals surface area contributed by atoms with Crippen LogP contribution < -0.4 is 5.56 Å². The average molecular weight is 407 g/mol. The second-order valence-corrected chi connectivity index (χ2v) is 7.55. The number of nitrogens with zero attached hydrogens (tertiary/aromatic N) is 1. The Bertz CT molecular complexity index is 968. The molecule has 0 aliphatic heterocycles. The van der Waals surface area contributed by atoms with E-state index in [1.165, 1.54) is 11.8 Å². The maximum Gasteiger partial charge on any atom is 0.254 e. The number of aromatic amines is 1. The van der Waals surface area contributed by atoms with E-state index in [4.69, 9.17) is 23.2 Å². The lowest BCUT2D eigenvalue weighted by atomic mass is 10.1. The van der Waals surface area contributed by atoms with Gasteiger partial charge in [-0.25, -0.2) is 4.98 Å². The maximum absolute atomic E-state index is 12.3. The molecule has 1 aromatic heterocycles. The van der Waals surface area contributed by atoms with Crippen molar-refractivity contribution < 1.29 is 5.11 Å². The summed E-state index contributed by atoms with van der Waals surface area (Å²) in [4.78, 5) is 19.6. The zero-order chi connectivity index (χ0) is 18.7. The Morgan fingerprint density at radius 2 is 1.77 bits per heavy atom. The molecular weight excluding hydrogens is 391 g/mol. The molecule has 1 heterocycles. The van der Waals surface area contributed by atoms with Crippen molar-refractivity contribution in [2.45, 2.75) is 24.3 Å². The zero-order valence-corrected chi connectivity index (χ0v) is 16.3. The third kappa shape index (κ3) is 4.41. The Labute approximate surface area is 165 Å². The molecule has 7 heteroatoms. The Hall–Kier alpha value is -1.95. The molecule has 3 aromatic rings. The number of benzene rings is 2. The van der Waals surface area contributed by atoms with Crippen LogP contribution in [-0.2, 0) is 12.2 Å². The summed E-state index contributed by atoms with van der Waals surface area (Å²) in [6.45, 7) is 1.74. The highest BCUT2D eigenvalue weighted by atomic mass is 35.5. The molecule has 0 radical (unpaired) electrons. The van der Waals surface area contributed by atoms with Crippen LogP contribution in [0.5, 0.6) is 5.75 Å². The molecule has 2 N–H and O–H groups in total. The van der Waals surface area contributed by atoms with Crippen molar-refractivity contribution in [1.29, 1.82) is 0 Å². The number of hydrogen-bond acceptors (Lipinski definition) is 4. The molecule has 0 aliphatic rings. The van der Waals surface area contributed by atoms with Crippen molar-refractivity contribution in [1.82, 2.24) is 9.97 Å².